The Kier molecular flexibility index (Phi) is 4.29. The van der Waals surface area contributed by atoms with E-state index in [0.717, 1.165) is 30.9 Å². The van der Waals surface area contributed by atoms with E-state index < -0.39 is 15.6 Å². The summed E-state index contributed by atoms with van der Waals surface area (Å²) < 4.78 is 26.7. The zero-order valence-corrected chi connectivity index (χ0v) is 12.8. The second-order valence-electron chi connectivity index (χ2n) is 4.74. The molecule has 2 rings (SSSR count). The number of halogens is 1. The van der Waals surface area contributed by atoms with Crippen molar-refractivity contribution in [2.75, 3.05) is 12.3 Å². The summed E-state index contributed by atoms with van der Waals surface area (Å²) in [5.74, 6) is 1.06. The number of sulfonamides is 1. The van der Waals surface area contributed by atoms with E-state index in [1.807, 2.05) is 6.92 Å². The molecule has 106 valence electrons. The first-order chi connectivity index (χ1) is 8.82. The fourth-order valence-corrected chi connectivity index (χ4v) is 4.64. The Morgan fingerprint density at radius 1 is 1.58 bits per heavy atom. The third kappa shape index (κ3) is 3.53. The third-order valence-electron chi connectivity index (χ3n) is 3.08. The van der Waals surface area contributed by atoms with Gasteiger partial charge in [0.05, 0.1) is 4.90 Å². The van der Waals surface area contributed by atoms with Crippen LogP contribution >= 0.6 is 23.4 Å². The Morgan fingerprint density at radius 2 is 2.32 bits per heavy atom. The largest absolute Gasteiger partial charge is 0.326 e. The minimum Gasteiger partial charge on any atom is -0.326 e. The number of rotatable bonds is 4. The van der Waals surface area contributed by atoms with Crippen molar-refractivity contribution in [1.29, 1.82) is 0 Å². The van der Waals surface area contributed by atoms with Gasteiger partial charge in [-0.3, -0.25) is 4.79 Å². The molecule has 1 aliphatic rings. The summed E-state index contributed by atoms with van der Waals surface area (Å²) in [4.78, 5) is 13.4. The molecule has 8 heteroatoms. The van der Waals surface area contributed by atoms with Gasteiger partial charge in [-0.15, -0.1) is 0 Å². The maximum Gasteiger partial charge on any atom is 0.266 e. The van der Waals surface area contributed by atoms with Crippen LogP contribution in [0.25, 0.3) is 0 Å². The smallest absolute Gasteiger partial charge is 0.266 e. The number of hydrogen-bond acceptors (Lipinski definition) is 4. The van der Waals surface area contributed by atoms with E-state index in [1.165, 1.54) is 0 Å². The Balaban J connectivity index is 2.13. The van der Waals surface area contributed by atoms with Crippen LogP contribution in [0.3, 0.4) is 0 Å². The van der Waals surface area contributed by atoms with E-state index in [4.69, 9.17) is 11.6 Å². The molecular weight excluding hydrogens is 308 g/mol. The number of hydrogen-bond donors (Lipinski definition) is 2. The number of nitrogens with one attached hydrogen (secondary N) is 2. The fourth-order valence-electron chi connectivity index (χ4n) is 1.90. The number of aromatic nitrogens is 1. The summed E-state index contributed by atoms with van der Waals surface area (Å²) in [7, 11) is -3.64. The highest BCUT2D eigenvalue weighted by atomic mass is 35.5. The predicted molar refractivity (Wildman–Crippen MR) is 77.4 cm³/mol. The molecule has 0 saturated carbocycles. The molecule has 5 nitrogen and oxygen atoms in total. The van der Waals surface area contributed by atoms with Crippen LogP contribution in [0, 0.1) is 0 Å². The molecule has 2 heterocycles. The lowest BCUT2D eigenvalue weighted by Gasteiger charge is -2.22. The molecule has 0 amide bonds. The average Bonchev–Trinajstić information content (AvgIpc) is 2.78. The van der Waals surface area contributed by atoms with E-state index >= 15 is 0 Å². The molecule has 1 unspecified atom stereocenters. The number of H-pyrrole nitrogens is 1. The molecular formula is C11H15ClN2O3S2. The van der Waals surface area contributed by atoms with Gasteiger partial charge in [0.2, 0.25) is 10.0 Å². The SMILES string of the molecule is CC1(CNS(=O)(=O)c2c[nH]c(=O)c(Cl)c2)CCCS1. The van der Waals surface area contributed by atoms with E-state index in [0.29, 0.717) is 6.54 Å². The zero-order chi connectivity index (χ0) is 14.1. The van der Waals surface area contributed by atoms with Gasteiger partial charge in [0.1, 0.15) is 5.02 Å². The first-order valence-electron chi connectivity index (χ1n) is 5.84. The number of thioether (sulfide) groups is 1. The first-order valence-corrected chi connectivity index (χ1v) is 8.69. The molecule has 2 N–H and O–H groups in total. The molecule has 1 fully saturated rings. The quantitative estimate of drug-likeness (QED) is 0.882. The van der Waals surface area contributed by atoms with Crippen molar-refractivity contribution in [3.8, 4) is 0 Å². The highest BCUT2D eigenvalue weighted by molar-refractivity contribution is 8.01. The van der Waals surface area contributed by atoms with Gasteiger partial charge in [-0.2, -0.15) is 11.8 Å². The third-order valence-corrected chi connectivity index (χ3v) is 6.28. The lowest BCUT2D eigenvalue weighted by atomic mass is 10.1. The van der Waals surface area contributed by atoms with Crippen LogP contribution in [0.15, 0.2) is 22.0 Å². The highest BCUT2D eigenvalue weighted by Crippen LogP contribution is 2.37. The van der Waals surface area contributed by atoms with Crippen LogP contribution in [-0.4, -0.2) is 30.4 Å². The van der Waals surface area contributed by atoms with E-state index in [-0.39, 0.29) is 14.7 Å². The minimum absolute atomic E-state index is 0.0244. The molecule has 1 aromatic rings. The molecule has 0 aliphatic carbocycles. The van der Waals surface area contributed by atoms with Crippen LogP contribution in [-0.2, 0) is 10.0 Å². The Labute approximate surface area is 121 Å². The summed E-state index contributed by atoms with van der Waals surface area (Å²) >= 11 is 7.41. The molecule has 1 aromatic heterocycles. The highest BCUT2D eigenvalue weighted by Gasteiger charge is 2.31. The maximum absolute atomic E-state index is 12.1. The molecule has 1 saturated heterocycles. The van der Waals surface area contributed by atoms with Crippen LogP contribution in [0.4, 0.5) is 0 Å². The molecule has 0 aromatic carbocycles. The van der Waals surface area contributed by atoms with Crippen molar-refractivity contribution in [3.63, 3.8) is 0 Å². The van der Waals surface area contributed by atoms with Gasteiger partial charge < -0.3 is 4.98 Å². The summed E-state index contributed by atoms with van der Waals surface area (Å²) in [6.45, 7) is 2.42. The van der Waals surface area contributed by atoms with Crippen molar-refractivity contribution in [1.82, 2.24) is 9.71 Å². The molecule has 19 heavy (non-hydrogen) atoms. The topological polar surface area (TPSA) is 79.0 Å². The minimum atomic E-state index is -3.64. The Bertz CT molecular complexity index is 621. The second kappa shape index (κ2) is 5.47. The number of aromatic amines is 1. The number of pyridine rings is 1. The molecule has 1 aliphatic heterocycles. The summed E-state index contributed by atoms with van der Waals surface area (Å²) in [6.07, 6.45) is 3.25. The summed E-state index contributed by atoms with van der Waals surface area (Å²) in [5.41, 5.74) is -0.501. The molecule has 0 bridgehead atoms. The van der Waals surface area contributed by atoms with Crippen LogP contribution in [0.1, 0.15) is 19.8 Å². The lowest BCUT2D eigenvalue weighted by Crippen LogP contribution is -2.36. The van der Waals surface area contributed by atoms with Gasteiger partial charge in [0, 0.05) is 17.5 Å². The van der Waals surface area contributed by atoms with Gasteiger partial charge in [-0.1, -0.05) is 11.6 Å². The average molecular weight is 323 g/mol. The fraction of sp³-hybridized carbons (Fsp3) is 0.545. The monoisotopic (exact) mass is 322 g/mol. The Hall–Kier alpha value is -0.500. The normalized spacial score (nSPS) is 23.7. The lowest BCUT2D eigenvalue weighted by molar-refractivity contribution is 0.552. The Morgan fingerprint density at radius 3 is 2.89 bits per heavy atom. The summed E-state index contributed by atoms with van der Waals surface area (Å²) in [6, 6.07) is 1.16. The van der Waals surface area contributed by atoms with Gasteiger partial charge in [0.15, 0.2) is 0 Å². The van der Waals surface area contributed by atoms with E-state index in [1.54, 1.807) is 11.8 Å². The van der Waals surface area contributed by atoms with Gasteiger partial charge >= 0.3 is 0 Å². The van der Waals surface area contributed by atoms with Crippen molar-refractivity contribution in [2.24, 2.45) is 0 Å². The van der Waals surface area contributed by atoms with Gasteiger partial charge in [0.25, 0.3) is 5.56 Å². The van der Waals surface area contributed by atoms with E-state index in [9.17, 15) is 13.2 Å². The molecule has 0 radical (unpaired) electrons. The van der Waals surface area contributed by atoms with Crippen molar-refractivity contribution < 1.29 is 8.42 Å². The van der Waals surface area contributed by atoms with Crippen LogP contribution in [0.2, 0.25) is 5.02 Å². The zero-order valence-electron chi connectivity index (χ0n) is 10.4. The standard InChI is InChI=1S/C11H15ClN2O3S2/c1-11(3-2-4-18-11)7-14-19(16,17)8-5-9(12)10(15)13-6-8/h5-6,14H,2-4,7H2,1H3,(H,13,15). The molecule has 0 spiro atoms. The van der Waals surface area contributed by atoms with Crippen LogP contribution < -0.4 is 10.3 Å². The maximum atomic E-state index is 12.1. The predicted octanol–water partition coefficient (Wildman–Crippen LogP) is 1.59. The van der Waals surface area contributed by atoms with Crippen molar-refractivity contribution in [3.05, 3.63) is 27.6 Å². The van der Waals surface area contributed by atoms with E-state index in [2.05, 4.69) is 9.71 Å². The van der Waals surface area contributed by atoms with Gasteiger partial charge in [-0.05, 0) is 31.6 Å². The first kappa shape index (κ1) is 14.9. The van der Waals surface area contributed by atoms with Crippen molar-refractivity contribution in [2.45, 2.75) is 29.4 Å². The summed E-state index contributed by atoms with van der Waals surface area (Å²) in [5, 5.41) is -0.135. The van der Waals surface area contributed by atoms with Crippen LogP contribution in [0.5, 0.6) is 0 Å². The van der Waals surface area contributed by atoms with Crippen molar-refractivity contribution >= 4 is 33.4 Å². The molecule has 1 atom stereocenters. The van der Waals surface area contributed by atoms with Gasteiger partial charge in [-0.25, -0.2) is 13.1 Å². The second-order valence-corrected chi connectivity index (χ2v) is 8.60.